The summed E-state index contributed by atoms with van der Waals surface area (Å²) in [5, 5.41) is 5.90. The number of benzene rings is 2. The molecule has 0 bridgehead atoms. The minimum absolute atomic E-state index is 0.0129. The van der Waals surface area contributed by atoms with Gasteiger partial charge < -0.3 is 20.3 Å². The SMILES string of the molecule is Cc1ccc(NC(=O)CNc2cccc(C(=O)N3CCOCC3)c2)cc1. The van der Waals surface area contributed by atoms with Gasteiger partial charge >= 0.3 is 0 Å². The minimum Gasteiger partial charge on any atom is -0.378 e. The Balaban J connectivity index is 1.55. The molecule has 0 spiro atoms. The summed E-state index contributed by atoms with van der Waals surface area (Å²) in [5.74, 6) is -0.153. The third-order valence-electron chi connectivity index (χ3n) is 4.20. The highest BCUT2D eigenvalue weighted by Gasteiger charge is 2.18. The second-order valence-electron chi connectivity index (χ2n) is 6.25. The van der Waals surface area contributed by atoms with Crippen molar-refractivity contribution in [3.8, 4) is 0 Å². The lowest BCUT2D eigenvalue weighted by Gasteiger charge is -2.27. The van der Waals surface area contributed by atoms with Crippen molar-refractivity contribution >= 4 is 23.2 Å². The van der Waals surface area contributed by atoms with Crippen LogP contribution < -0.4 is 10.6 Å². The Labute approximate surface area is 153 Å². The van der Waals surface area contributed by atoms with Crippen molar-refractivity contribution in [3.05, 3.63) is 59.7 Å². The lowest BCUT2D eigenvalue weighted by Crippen LogP contribution is -2.40. The summed E-state index contributed by atoms with van der Waals surface area (Å²) in [6, 6.07) is 14.9. The van der Waals surface area contributed by atoms with E-state index in [-0.39, 0.29) is 18.4 Å². The van der Waals surface area contributed by atoms with Crippen LogP contribution in [0.5, 0.6) is 0 Å². The summed E-state index contributed by atoms with van der Waals surface area (Å²) in [5.41, 5.74) is 3.25. The summed E-state index contributed by atoms with van der Waals surface area (Å²) in [6.45, 7) is 4.48. The highest BCUT2D eigenvalue weighted by atomic mass is 16.5. The van der Waals surface area contributed by atoms with E-state index < -0.39 is 0 Å². The predicted octanol–water partition coefficient (Wildman–Crippen LogP) is 2.52. The molecule has 1 heterocycles. The van der Waals surface area contributed by atoms with Gasteiger partial charge in [-0.05, 0) is 37.3 Å². The van der Waals surface area contributed by atoms with Crippen molar-refractivity contribution in [1.82, 2.24) is 4.90 Å². The fourth-order valence-corrected chi connectivity index (χ4v) is 2.74. The molecule has 0 atom stereocenters. The molecule has 1 saturated heterocycles. The molecule has 1 aliphatic rings. The quantitative estimate of drug-likeness (QED) is 0.867. The van der Waals surface area contributed by atoms with Crippen molar-refractivity contribution in [1.29, 1.82) is 0 Å². The van der Waals surface area contributed by atoms with E-state index in [1.807, 2.05) is 43.3 Å². The molecule has 6 heteroatoms. The first-order chi connectivity index (χ1) is 12.6. The average molecular weight is 353 g/mol. The smallest absolute Gasteiger partial charge is 0.254 e. The topological polar surface area (TPSA) is 70.7 Å². The Kier molecular flexibility index (Phi) is 5.86. The van der Waals surface area contributed by atoms with Gasteiger partial charge in [0.1, 0.15) is 0 Å². The summed E-state index contributed by atoms with van der Waals surface area (Å²) in [6.07, 6.45) is 0. The number of amides is 2. The molecule has 1 aliphatic heterocycles. The zero-order valence-electron chi connectivity index (χ0n) is 14.8. The third-order valence-corrected chi connectivity index (χ3v) is 4.20. The zero-order valence-corrected chi connectivity index (χ0v) is 14.8. The first-order valence-corrected chi connectivity index (χ1v) is 8.69. The molecular weight excluding hydrogens is 330 g/mol. The van der Waals surface area contributed by atoms with Crippen LogP contribution in [-0.2, 0) is 9.53 Å². The summed E-state index contributed by atoms with van der Waals surface area (Å²) < 4.78 is 5.28. The van der Waals surface area contributed by atoms with E-state index in [1.54, 1.807) is 17.0 Å². The molecule has 136 valence electrons. The maximum absolute atomic E-state index is 12.5. The molecule has 0 aliphatic carbocycles. The molecule has 26 heavy (non-hydrogen) atoms. The van der Waals surface area contributed by atoms with Crippen LogP contribution in [0.15, 0.2) is 48.5 Å². The van der Waals surface area contributed by atoms with E-state index >= 15 is 0 Å². The molecule has 2 amide bonds. The Hall–Kier alpha value is -2.86. The molecule has 2 aromatic carbocycles. The summed E-state index contributed by atoms with van der Waals surface area (Å²) >= 11 is 0. The van der Waals surface area contributed by atoms with E-state index in [2.05, 4.69) is 10.6 Å². The summed E-state index contributed by atoms with van der Waals surface area (Å²) in [7, 11) is 0. The highest BCUT2D eigenvalue weighted by Crippen LogP contribution is 2.14. The number of ether oxygens (including phenoxy) is 1. The number of rotatable bonds is 5. The Morgan fingerprint density at radius 1 is 1.04 bits per heavy atom. The van der Waals surface area contributed by atoms with Crippen LogP contribution in [0.1, 0.15) is 15.9 Å². The van der Waals surface area contributed by atoms with E-state index in [9.17, 15) is 9.59 Å². The normalized spacial score (nSPS) is 14.0. The number of nitrogens with zero attached hydrogens (tertiary/aromatic N) is 1. The van der Waals surface area contributed by atoms with Gasteiger partial charge in [-0.1, -0.05) is 23.8 Å². The van der Waals surface area contributed by atoms with Crippen LogP contribution >= 0.6 is 0 Å². The molecule has 3 rings (SSSR count). The van der Waals surface area contributed by atoms with Crippen LogP contribution in [0, 0.1) is 6.92 Å². The standard InChI is InChI=1S/C20H23N3O3/c1-15-5-7-17(8-6-15)22-19(24)14-21-18-4-2-3-16(13-18)20(25)23-9-11-26-12-10-23/h2-8,13,21H,9-12,14H2,1H3,(H,22,24). The number of aryl methyl sites for hydroxylation is 1. The number of nitrogens with one attached hydrogen (secondary N) is 2. The summed E-state index contributed by atoms with van der Waals surface area (Å²) in [4.78, 5) is 26.4. The van der Waals surface area contributed by atoms with Gasteiger partial charge in [0.25, 0.3) is 5.91 Å². The number of carbonyl (C=O) groups excluding carboxylic acids is 2. The second-order valence-corrected chi connectivity index (χ2v) is 6.25. The van der Waals surface area contributed by atoms with Crippen molar-refractivity contribution in [3.63, 3.8) is 0 Å². The van der Waals surface area contributed by atoms with E-state index in [0.717, 1.165) is 16.9 Å². The largest absolute Gasteiger partial charge is 0.378 e. The van der Waals surface area contributed by atoms with Crippen molar-refractivity contribution in [2.45, 2.75) is 6.92 Å². The van der Waals surface area contributed by atoms with Gasteiger partial charge in [-0.15, -0.1) is 0 Å². The van der Waals surface area contributed by atoms with E-state index in [0.29, 0.717) is 31.9 Å². The first-order valence-electron chi connectivity index (χ1n) is 8.69. The van der Waals surface area contributed by atoms with Crippen LogP contribution in [0.2, 0.25) is 0 Å². The second kappa shape index (κ2) is 8.49. The number of anilines is 2. The monoisotopic (exact) mass is 353 g/mol. The molecule has 2 aromatic rings. The Morgan fingerprint density at radius 2 is 1.77 bits per heavy atom. The van der Waals surface area contributed by atoms with Gasteiger partial charge in [0.2, 0.25) is 5.91 Å². The fourth-order valence-electron chi connectivity index (χ4n) is 2.74. The van der Waals surface area contributed by atoms with Gasteiger partial charge in [-0.25, -0.2) is 0 Å². The molecule has 6 nitrogen and oxygen atoms in total. The lowest BCUT2D eigenvalue weighted by molar-refractivity contribution is -0.114. The molecule has 0 aromatic heterocycles. The van der Waals surface area contributed by atoms with Crippen molar-refractivity contribution in [2.24, 2.45) is 0 Å². The molecular formula is C20H23N3O3. The fraction of sp³-hybridized carbons (Fsp3) is 0.300. The third kappa shape index (κ3) is 4.83. The molecule has 1 fully saturated rings. The number of morpholine rings is 1. The molecule has 0 unspecified atom stereocenters. The number of hydrogen-bond donors (Lipinski definition) is 2. The predicted molar refractivity (Wildman–Crippen MR) is 101 cm³/mol. The van der Waals surface area contributed by atoms with Crippen LogP contribution in [0.3, 0.4) is 0 Å². The highest BCUT2D eigenvalue weighted by molar-refractivity contribution is 5.96. The maximum atomic E-state index is 12.5. The van der Waals surface area contributed by atoms with Crippen LogP contribution in [0.25, 0.3) is 0 Å². The van der Waals surface area contributed by atoms with Gasteiger partial charge in [0.05, 0.1) is 19.8 Å². The maximum Gasteiger partial charge on any atom is 0.254 e. The number of hydrogen-bond acceptors (Lipinski definition) is 4. The van der Waals surface area contributed by atoms with Gasteiger partial charge in [-0.3, -0.25) is 9.59 Å². The average Bonchev–Trinajstić information content (AvgIpc) is 2.68. The van der Waals surface area contributed by atoms with Crippen molar-refractivity contribution < 1.29 is 14.3 Å². The minimum atomic E-state index is -0.140. The molecule has 0 radical (unpaired) electrons. The van der Waals surface area contributed by atoms with Gasteiger partial charge in [-0.2, -0.15) is 0 Å². The van der Waals surface area contributed by atoms with E-state index in [1.165, 1.54) is 0 Å². The Bertz CT molecular complexity index is 768. The number of carbonyl (C=O) groups is 2. The molecule has 0 saturated carbocycles. The Morgan fingerprint density at radius 3 is 2.50 bits per heavy atom. The van der Waals surface area contributed by atoms with Crippen LogP contribution in [-0.4, -0.2) is 49.6 Å². The molecule has 2 N–H and O–H groups in total. The lowest BCUT2D eigenvalue weighted by atomic mass is 10.1. The van der Waals surface area contributed by atoms with Gasteiger partial charge in [0, 0.05) is 30.0 Å². The zero-order chi connectivity index (χ0) is 18.4. The van der Waals surface area contributed by atoms with Crippen LogP contribution in [0.4, 0.5) is 11.4 Å². The van der Waals surface area contributed by atoms with E-state index in [4.69, 9.17) is 4.74 Å². The van der Waals surface area contributed by atoms with Crippen molar-refractivity contribution in [2.75, 3.05) is 43.5 Å². The van der Waals surface area contributed by atoms with Gasteiger partial charge in [0.15, 0.2) is 0 Å². The first kappa shape index (κ1) is 17.9.